The van der Waals surface area contributed by atoms with E-state index in [0.717, 1.165) is 25.6 Å². The van der Waals surface area contributed by atoms with Gasteiger partial charge in [-0.3, -0.25) is 0 Å². The summed E-state index contributed by atoms with van der Waals surface area (Å²) < 4.78 is 5.94. The van der Waals surface area contributed by atoms with Crippen LogP contribution in [0.5, 0.6) is 0 Å². The lowest BCUT2D eigenvalue weighted by atomic mass is 9.81. The summed E-state index contributed by atoms with van der Waals surface area (Å²) in [5.74, 6) is 0.872. The molecule has 0 aliphatic carbocycles. The molecule has 0 aromatic heterocycles. The number of hydrogen-bond donors (Lipinski definition) is 1. The van der Waals surface area contributed by atoms with Crippen molar-refractivity contribution in [3.8, 4) is 0 Å². The van der Waals surface area contributed by atoms with Crippen LogP contribution in [0.1, 0.15) is 32.6 Å². The Morgan fingerprint density at radius 1 is 1.31 bits per heavy atom. The zero-order valence-corrected chi connectivity index (χ0v) is 9.16. The molecule has 78 valence electrons. The zero-order chi connectivity index (χ0) is 8.44. The third-order valence-corrected chi connectivity index (χ3v) is 3.25. The molecule has 0 aromatic carbocycles. The summed E-state index contributed by atoms with van der Waals surface area (Å²) in [7, 11) is 0. The Hall–Kier alpha value is 0.210. The average molecular weight is 206 g/mol. The minimum atomic E-state index is 0. The van der Waals surface area contributed by atoms with Gasteiger partial charge in [0, 0.05) is 6.61 Å². The van der Waals surface area contributed by atoms with Gasteiger partial charge in [0.2, 0.25) is 0 Å². The second kappa shape index (κ2) is 4.63. The fourth-order valence-corrected chi connectivity index (χ4v) is 2.50. The van der Waals surface area contributed by atoms with Gasteiger partial charge in [-0.1, -0.05) is 6.92 Å². The highest BCUT2D eigenvalue weighted by atomic mass is 35.5. The van der Waals surface area contributed by atoms with E-state index in [-0.39, 0.29) is 18.0 Å². The molecule has 2 heterocycles. The molecule has 1 unspecified atom stereocenters. The van der Waals surface area contributed by atoms with Crippen LogP contribution in [0.4, 0.5) is 0 Å². The SMILES string of the molecule is CC1CCOC2(CCNCC2)C1.Cl. The van der Waals surface area contributed by atoms with E-state index in [1.165, 1.54) is 25.7 Å². The summed E-state index contributed by atoms with van der Waals surface area (Å²) in [5, 5.41) is 3.39. The van der Waals surface area contributed by atoms with Gasteiger partial charge in [-0.05, 0) is 44.7 Å². The molecule has 3 heteroatoms. The van der Waals surface area contributed by atoms with E-state index >= 15 is 0 Å². The largest absolute Gasteiger partial charge is 0.375 e. The smallest absolute Gasteiger partial charge is 0.0709 e. The maximum absolute atomic E-state index is 5.94. The quantitative estimate of drug-likeness (QED) is 0.653. The van der Waals surface area contributed by atoms with Crippen molar-refractivity contribution < 1.29 is 4.74 Å². The summed E-state index contributed by atoms with van der Waals surface area (Å²) in [4.78, 5) is 0. The molecular formula is C10H20ClNO. The van der Waals surface area contributed by atoms with Crippen molar-refractivity contribution in [3.63, 3.8) is 0 Å². The number of rotatable bonds is 0. The average Bonchev–Trinajstić information content (AvgIpc) is 2.05. The van der Waals surface area contributed by atoms with Crippen molar-refractivity contribution in [1.29, 1.82) is 0 Å². The molecule has 0 saturated carbocycles. The van der Waals surface area contributed by atoms with Gasteiger partial charge in [0.1, 0.15) is 0 Å². The Balaban J connectivity index is 0.000000845. The first-order valence-electron chi connectivity index (χ1n) is 5.15. The van der Waals surface area contributed by atoms with Gasteiger partial charge in [-0.15, -0.1) is 12.4 Å². The number of ether oxygens (including phenoxy) is 1. The Bertz CT molecular complexity index is 151. The molecule has 0 radical (unpaired) electrons. The monoisotopic (exact) mass is 205 g/mol. The first kappa shape index (κ1) is 11.3. The van der Waals surface area contributed by atoms with Crippen molar-refractivity contribution in [2.24, 2.45) is 5.92 Å². The van der Waals surface area contributed by atoms with Crippen LogP contribution in [0.25, 0.3) is 0 Å². The molecule has 2 rings (SSSR count). The summed E-state index contributed by atoms with van der Waals surface area (Å²) >= 11 is 0. The number of nitrogens with one attached hydrogen (secondary N) is 1. The van der Waals surface area contributed by atoms with Crippen LogP contribution in [-0.4, -0.2) is 25.3 Å². The first-order chi connectivity index (χ1) is 5.81. The molecule has 1 atom stereocenters. The molecule has 2 aliphatic heterocycles. The fraction of sp³-hybridized carbons (Fsp3) is 1.00. The Labute approximate surface area is 86.8 Å². The molecule has 2 fully saturated rings. The third-order valence-electron chi connectivity index (χ3n) is 3.25. The predicted molar refractivity (Wildman–Crippen MR) is 56.4 cm³/mol. The number of halogens is 1. The molecule has 2 nitrogen and oxygen atoms in total. The predicted octanol–water partition coefficient (Wildman–Crippen LogP) is 1.98. The minimum absolute atomic E-state index is 0. The van der Waals surface area contributed by atoms with Gasteiger partial charge >= 0.3 is 0 Å². The van der Waals surface area contributed by atoms with Gasteiger partial charge in [0.05, 0.1) is 5.60 Å². The van der Waals surface area contributed by atoms with E-state index in [1.54, 1.807) is 0 Å². The third kappa shape index (κ3) is 2.58. The normalized spacial score (nSPS) is 32.5. The van der Waals surface area contributed by atoms with E-state index in [2.05, 4.69) is 12.2 Å². The van der Waals surface area contributed by atoms with Crippen LogP contribution in [0, 0.1) is 5.92 Å². The zero-order valence-electron chi connectivity index (χ0n) is 8.34. The van der Waals surface area contributed by atoms with Gasteiger partial charge in [-0.2, -0.15) is 0 Å². The Kier molecular flexibility index (Phi) is 4.02. The summed E-state index contributed by atoms with van der Waals surface area (Å²) in [6.07, 6.45) is 4.98. The Morgan fingerprint density at radius 2 is 2.00 bits per heavy atom. The van der Waals surface area contributed by atoms with Crippen molar-refractivity contribution in [2.75, 3.05) is 19.7 Å². The molecule has 2 saturated heterocycles. The maximum atomic E-state index is 5.94. The lowest BCUT2D eigenvalue weighted by molar-refractivity contribution is -0.110. The van der Waals surface area contributed by atoms with Crippen LogP contribution in [0.3, 0.4) is 0 Å². The van der Waals surface area contributed by atoms with Crippen LogP contribution < -0.4 is 5.32 Å². The summed E-state index contributed by atoms with van der Waals surface area (Å²) in [6, 6.07) is 0. The highest BCUT2D eigenvalue weighted by Crippen LogP contribution is 2.35. The summed E-state index contributed by atoms with van der Waals surface area (Å²) in [5.41, 5.74) is 0.267. The molecule has 1 N–H and O–H groups in total. The first-order valence-corrected chi connectivity index (χ1v) is 5.15. The Morgan fingerprint density at radius 3 is 2.62 bits per heavy atom. The molecule has 2 aliphatic rings. The number of piperidine rings is 1. The van der Waals surface area contributed by atoms with Crippen LogP contribution in [0.2, 0.25) is 0 Å². The van der Waals surface area contributed by atoms with E-state index < -0.39 is 0 Å². The molecular weight excluding hydrogens is 186 g/mol. The van der Waals surface area contributed by atoms with Crippen molar-refractivity contribution in [1.82, 2.24) is 5.32 Å². The van der Waals surface area contributed by atoms with E-state index in [4.69, 9.17) is 4.74 Å². The van der Waals surface area contributed by atoms with Crippen LogP contribution in [0.15, 0.2) is 0 Å². The minimum Gasteiger partial charge on any atom is -0.375 e. The van der Waals surface area contributed by atoms with Gasteiger partial charge < -0.3 is 10.1 Å². The molecule has 1 spiro atoms. The molecule has 0 bridgehead atoms. The summed E-state index contributed by atoms with van der Waals surface area (Å²) in [6.45, 7) is 5.63. The lowest BCUT2D eigenvalue weighted by Gasteiger charge is -2.42. The van der Waals surface area contributed by atoms with Gasteiger partial charge in [-0.25, -0.2) is 0 Å². The topological polar surface area (TPSA) is 21.3 Å². The van der Waals surface area contributed by atoms with Gasteiger partial charge in [0.25, 0.3) is 0 Å². The van der Waals surface area contributed by atoms with Crippen molar-refractivity contribution >= 4 is 12.4 Å². The van der Waals surface area contributed by atoms with Crippen molar-refractivity contribution in [2.45, 2.75) is 38.2 Å². The van der Waals surface area contributed by atoms with Crippen molar-refractivity contribution in [3.05, 3.63) is 0 Å². The fourth-order valence-electron chi connectivity index (χ4n) is 2.50. The molecule has 0 amide bonds. The van der Waals surface area contributed by atoms with E-state index in [0.29, 0.717) is 0 Å². The second-order valence-corrected chi connectivity index (χ2v) is 4.38. The number of hydrogen-bond acceptors (Lipinski definition) is 2. The van der Waals surface area contributed by atoms with E-state index in [9.17, 15) is 0 Å². The second-order valence-electron chi connectivity index (χ2n) is 4.38. The highest BCUT2D eigenvalue weighted by molar-refractivity contribution is 5.85. The van der Waals surface area contributed by atoms with E-state index in [1.807, 2.05) is 0 Å². The standard InChI is InChI=1S/C10H19NO.ClH/c1-9-2-7-12-10(8-9)3-5-11-6-4-10;/h9,11H,2-8H2,1H3;1H. The highest BCUT2D eigenvalue weighted by Gasteiger charge is 2.36. The molecule has 0 aromatic rings. The molecule has 13 heavy (non-hydrogen) atoms. The lowest BCUT2D eigenvalue weighted by Crippen LogP contribution is -2.47. The van der Waals surface area contributed by atoms with Gasteiger partial charge in [0.15, 0.2) is 0 Å². The maximum Gasteiger partial charge on any atom is 0.0709 e. The van der Waals surface area contributed by atoms with Crippen LogP contribution in [-0.2, 0) is 4.74 Å². The van der Waals surface area contributed by atoms with Crippen LogP contribution >= 0.6 is 12.4 Å².